The Morgan fingerprint density at radius 3 is 2.10 bits per heavy atom. The first-order chi connectivity index (χ1) is 14.5. The molecule has 0 aliphatic rings. The normalized spacial score (nSPS) is 11.0. The van der Waals surface area contributed by atoms with Gasteiger partial charge in [0, 0.05) is 5.69 Å². The van der Waals surface area contributed by atoms with E-state index in [1.165, 1.54) is 0 Å². The first-order valence-corrected chi connectivity index (χ1v) is 9.75. The summed E-state index contributed by atoms with van der Waals surface area (Å²) in [4.78, 5) is 0. The maximum absolute atomic E-state index is 14.0. The molecule has 3 aromatic rings. The third kappa shape index (κ3) is 4.60. The van der Waals surface area contributed by atoms with Gasteiger partial charge in [-0.1, -0.05) is 23.2 Å². The zero-order chi connectivity index (χ0) is 23.0. The van der Waals surface area contributed by atoms with Crippen molar-refractivity contribution in [2.75, 3.05) is 10.6 Å². The summed E-state index contributed by atoms with van der Waals surface area (Å²) in [5.74, 6) is -10.1. The van der Waals surface area contributed by atoms with Gasteiger partial charge < -0.3 is 10.6 Å². The molecule has 0 amide bonds. The highest BCUT2D eigenvalue weighted by atomic mass is 35.5. The molecular formula is C19H13Cl2F5N4S. The SMILES string of the molecule is Cc1nn(Cc2c(F)c(F)c(F)c(F)c2F)c(C)c1NC(=S)Nc1ccc(Cl)c(Cl)c1. The van der Waals surface area contributed by atoms with Gasteiger partial charge >= 0.3 is 0 Å². The number of aryl methyl sites for hydroxylation is 1. The summed E-state index contributed by atoms with van der Waals surface area (Å²) in [6.07, 6.45) is 0. The Labute approximate surface area is 189 Å². The third-order valence-corrected chi connectivity index (χ3v) is 5.35. The summed E-state index contributed by atoms with van der Waals surface area (Å²) < 4.78 is 69.3. The lowest BCUT2D eigenvalue weighted by atomic mass is 10.1. The van der Waals surface area contributed by atoms with E-state index in [2.05, 4.69) is 15.7 Å². The van der Waals surface area contributed by atoms with Gasteiger partial charge in [-0.3, -0.25) is 4.68 Å². The van der Waals surface area contributed by atoms with E-state index in [0.29, 0.717) is 32.8 Å². The summed E-state index contributed by atoms with van der Waals surface area (Å²) in [5, 5.41) is 10.7. The first-order valence-electron chi connectivity index (χ1n) is 8.58. The molecule has 164 valence electrons. The number of aromatic nitrogens is 2. The molecular weight excluding hydrogens is 482 g/mol. The summed E-state index contributed by atoms with van der Waals surface area (Å²) >= 11 is 17.1. The van der Waals surface area contributed by atoms with Crippen molar-refractivity contribution in [1.82, 2.24) is 9.78 Å². The van der Waals surface area contributed by atoms with Gasteiger partial charge in [0.1, 0.15) is 0 Å². The summed E-state index contributed by atoms with van der Waals surface area (Å²) in [6.45, 7) is 2.47. The number of halogens is 7. The minimum Gasteiger partial charge on any atom is -0.332 e. The van der Waals surface area contributed by atoms with Crippen molar-refractivity contribution in [3.05, 3.63) is 74.3 Å². The van der Waals surface area contributed by atoms with Gasteiger partial charge in [-0.15, -0.1) is 0 Å². The fourth-order valence-electron chi connectivity index (χ4n) is 2.82. The Morgan fingerprint density at radius 1 is 0.935 bits per heavy atom. The molecule has 4 nitrogen and oxygen atoms in total. The standard InChI is InChI=1S/C19H13Cl2F5N4S/c1-7-18(28-19(31)27-9-3-4-11(20)12(21)5-9)8(2)30(29-7)6-10-13(22)15(24)17(26)16(25)14(10)23/h3-5H,6H2,1-2H3,(H2,27,28,31). The highest BCUT2D eigenvalue weighted by Gasteiger charge is 2.26. The number of benzene rings is 2. The third-order valence-electron chi connectivity index (χ3n) is 4.41. The Bertz CT molecular complexity index is 1170. The van der Waals surface area contributed by atoms with Crippen LogP contribution in [0.4, 0.5) is 33.3 Å². The van der Waals surface area contributed by atoms with Crippen LogP contribution in [0.15, 0.2) is 18.2 Å². The number of nitrogens with one attached hydrogen (secondary N) is 2. The second kappa shape index (κ2) is 8.97. The molecule has 1 heterocycles. The van der Waals surface area contributed by atoms with Crippen molar-refractivity contribution in [1.29, 1.82) is 0 Å². The van der Waals surface area contributed by atoms with Crippen LogP contribution < -0.4 is 10.6 Å². The van der Waals surface area contributed by atoms with Crippen LogP contribution in [0.1, 0.15) is 17.0 Å². The summed E-state index contributed by atoms with van der Waals surface area (Å²) in [6, 6.07) is 4.78. The topological polar surface area (TPSA) is 41.9 Å². The molecule has 12 heteroatoms. The molecule has 0 bridgehead atoms. The van der Waals surface area contributed by atoms with Crippen LogP contribution in [0, 0.1) is 42.9 Å². The Balaban J connectivity index is 1.84. The van der Waals surface area contributed by atoms with Crippen LogP contribution in [-0.4, -0.2) is 14.9 Å². The van der Waals surface area contributed by atoms with Gasteiger partial charge in [-0.25, -0.2) is 22.0 Å². The van der Waals surface area contributed by atoms with E-state index in [1.54, 1.807) is 32.0 Å². The largest absolute Gasteiger partial charge is 0.332 e. The molecule has 0 radical (unpaired) electrons. The molecule has 0 fully saturated rings. The lowest BCUT2D eigenvalue weighted by molar-refractivity contribution is 0.366. The molecule has 2 aromatic carbocycles. The van der Waals surface area contributed by atoms with Crippen LogP contribution in [0.25, 0.3) is 0 Å². The average molecular weight is 495 g/mol. The minimum atomic E-state index is -2.21. The highest BCUT2D eigenvalue weighted by Crippen LogP contribution is 2.27. The molecule has 0 saturated heterocycles. The number of anilines is 2. The first kappa shape index (κ1) is 23.2. The van der Waals surface area contributed by atoms with E-state index in [-0.39, 0.29) is 5.11 Å². The summed E-state index contributed by atoms with van der Waals surface area (Å²) in [7, 11) is 0. The van der Waals surface area contributed by atoms with Gasteiger partial charge in [0.25, 0.3) is 0 Å². The molecule has 3 rings (SSSR count). The quantitative estimate of drug-likeness (QED) is 0.191. The van der Waals surface area contributed by atoms with Crippen LogP contribution in [0.2, 0.25) is 10.0 Å². The van der Waals surface area contributed by atoms with Crippen molar-refractivity contribution < 1.29 is 22.0 Å². The van der Waals surface area contributed by atoms with Gasteiger partial charge in [0.2, 0.25) is 5.82 Å². The van der Waals surface area contributed by atoms with Gasteiger partial charge in [-0.05, 0) is 44.3 Å². The Hall–Kier alpha value is -2.43. The smallest absolute Gasteiger partial charge is 0.200 e. The zero-order valence-corrected chi connectivity index (χ0v) is 18.2. The van der Waals surface area contributed by atoms with Crippen molar-refractivity contribution in [3.8, 4) is 0 Å². The maximum atomic E-state index is 14.0. The lowest BCUT2D eigenvalue weighted by Gasteiger charge is -2.12. The second-order valence-electron chi connectivity index (χ2n) is 6.46. The van der Waals surface area contributed by atoms with Crippen molar-refractivity contribution in [2.24, 2.45) is 0 Å². The fraction of sp³-hybridized carbons (Fsp3) is 0.158. The molecule has 31 heavy (non-hydrogen) atoms. The number of thiocarbonyl (C=S) groups is 1. The second-order valence-corrected chi connectivity index (χ2v) is 7.68. The Morgan fingerprint density at radius 2 is 1.52 bits per heavy atom. The lowest BCUT2D eigenvalue weighted by Crippen LogP contribution is -2.20. The zero-order valence-electron chi connectivity index (χ0n) is 15.9. The molecule has 2 N–H and O–H groups in total. The van der Waals surface area contributed by atoms with Crippen molar-refractivity contribution >= 4 is 51.9 Å². The van der Waals surface area contributed by atoms with E-state index in [1.807, 2.05) is 0 Å². The number of rotatable bonds is 4. The molecule has 0 spiro atoms. The Kier molecular flexibility index (Phi) is 6.73. The van der Waals surface area contributed by atoms with Crippen LogP contribution >= 0.6 is 35.4 Å². The maximum Gasteiger partial charge on any atom is 0.200 e. The monoisotopic (exact) mass is 494 g/mol. The number of hydrogen-bond donors (Lipinski definition) is 2. The molecule has 0 aliphatic heterocycles. The molecule has 0 saturated carbocycles. The fourth-order valence-corrected chi connectivity index (χ4v) is 3.34. The molecule has 0 unspecified atom stereocenters. The predicted molar refractivity (Wildman–Crippen MR) is 113 cm³/mol. The van der Waals surface area contributed by atoms with E-state index in [9.17, 15) is 22.0 Å². The van der Waals surface area contributed by atoms with E-state index in [4.69, 9.17) is 35.4 Å². The van der Waals surface area contributed by atoms with Crippen LogP contribution in [0.3, 0.4) is 0 Å². The van der Waals surface area contributed by atoms with Crippen molar-refractivity contribution in [3.63, 3.8) is 0 Å². The van der Waals surface area contributed by atoms with Crippen molar-refractivity contribution in [2.45, 2.75) is 20.4 Å². The molecule has 0 atom stereocenters. The summed E-state index contributed by atoms with van der Waals surface area (Å²) in [5.41, 5.74) is 0.710. The van der Waals surface area contributed by atoms with Gasteiger partial charge in [-0.2, -0.15) is 5.10 Å². The van der Waals surface area contributed by atoms with Gasteiger partial charge in [0.15, 0.2) is 28.4 Å². The van der Waals surface area contributed by atoms with Crippen LogP contribution in [0.5, 0.6) is 0 Å². The van der Waals surface area contributed by atoms with Crippen LogP contribution in [-0.2, 0) is 6.54 Å². The molecule has 1 aromatic heterocycles. The van der Waals surface area contributed by atoms with Gasteiger partial charge in [0.05, 0.1) is 39.2 Å². The average Bonchev–Trinajstić information content (AvgIpc) is 2.98. The number of nitrogens with zero attached hydrogens (tertiary/aromatic N) is 2. The molecule has 0 aliphatic carbocycles. The number of hydrogen-bond acceptors (Lipinski definition) is 2. The highest BCUT2D eigenvalue weighted by molar-refractivity contribution is 7.80. The van der Waals surface area contributed by atoms with E-state index >= 15 is 0 Å². The van der Waals surface area contributed by atoms with E-state index in [0.717, 1.165) is 4.68 Å². The van der Waals surface area contributed by atoms with E-state index < -0.39 is 41.2 Å². The minimum absolute atomic E-state index is 0.153. The predicted octanol–water partition coefficient (Wildman–Crippen LogP) is 6.36.